The van der Waals surface area contributed by atoms with Crippen LogP contribution < -0.4 is 0 Å². The van der Waals surface area contributed by atoms with Gasteiger partial charge in [-0.25, -0.2) is 0 Å². The lowest BCUT2D eigenvalue weighted by Crippen LogP contribution is -2.52. The summed E-state index contributed by atoms with van der Waals surface area (Å²) in [5.74, 6) is 0.704. The summed E-state index contributed by atoms with van der Waals surface area (Å²) in [7, 11) is 0. The highest BCUT2D eigenvalue weighted by atomic mass is 16.2. The van der Waals surface area contributed by atoms with Crippen LogP contribution in [0.3, 0.4) is 0 Å². The normalized spacial score (nSPS) is 19.0. The van der Waals surface area contributed by atoms with E-state index in [-0.39, 0.29) is 23.8 Å². The van der Waals surface area contributed by atoms with E-state index in [0.717, 1.165) is 57.4 Å². The predicted octanol–water partition coefficient (Wildman–Crippen LogP) is 1.59. The molecule has 1 aromatic heterocycles. The van der Waals surface area contributed by atoms with Crippen LogP contribution in [0.25, 0.3) is 11.4 Å². The number of tetrazole rings is 1. The molecule has 28 heavy (non-hydrogen) atoms. The number of benzene rings is 1. The molecule has 0 atom stereocenters. The zero-order chi connectivity index (χ0) is 19.6. The topological polar surface area (TPSA) is 84.2 Å². The molecular formula is C20H26N6O2. The van der Waals surface area contributed by atoms with Gasteiger partial charge in [0.1, 0.15) is 6.54 Å². The highest BCUT2D eigenvalue weighted by molar-refractivity contribution is 5.76. The standard InChI is InChI=1S/C20H26N6O2/c1-16(27)24-12-9-20(10-13-24)8-5-11-25(15-20)18(28)14-26-22-19(21-23-26)17-6-3-2-4-7-17/h2-4,6-7H,5,8-15H2,1H3. The van der Waals surface area contributed by atoms with Gasteiger partial charge in [-0.1, -0.05) is 30.3 Å². The third kappa shape index (κ3) is 3.90. The van der Waals surface area contributed by atoms with E-state index in [0.29, 0.717) is 5.82 Å². The zero-order valence-electron chi connectivity index (χ0n) is 16.3. The summed E-state index contributed by atoms with van der Waals surface area (Å²) in [5, 5.41) is 12.5. The van der Waals surface area contributed by atoms with Crippen LogP contribution in [0.1, 0.15) is 32.6 Å². The fourth-order valence-electron chi connectivity index (χ4n) is 4.36. The second-order valence-corrected chi connectivity index (χ2v) is 7.93. The van der Waals surface area contributed by atoms with E-state index in [1.807, 2.05) is 40.1 Å². The largest absolute Gasteiger partial charge is 0.343 e. The van der Waals surface area contributed by atoms with Crippen molar-refractivity contribution in [3.8, 4) is 11.4 Å². The van der Waals surface area contributed by atoms with Crippen LogP contribution >= 0.6 is 0 Å². The molecule has 2 aromatic rings. The highest BCUT2D eigenvalue weighted by Gasteiger charge is 2.40. The lowest BCUT2D eigenvalue weighted by Gasteiger charge is -2.47. The van der Waals surface area contributed by atoms with Gasteiger partial charge in [0, 0.05) is 38.7 Å². The third-order valence-electron chi connectivity index (χ3n) is 6.05. The summed E-state index contributed by atoms with van der Waals surface area (Å²) in [6.45, 7) is 4.86. The van der Waals surface area contributed by atoms with Crippen LogP contribution in [0, 0.1) is 5.41 Å². The van der Waals surface area contributed by atoms with E-state index < -0.39 is 0 Å². The second-order valence-electron chi connectivity index (χ2n) is 7.93. The molecule has 8 nitrogen and oxygen atoms in total. The van der Waals surface area contributed by atoms with Crippen molar-refractivity contribution < 1.29 is 9.59 Å². The molecule has 1 spiro atoms. The van der Waals surface area contributed by atoms with Gasteiger partial charge in [-0.15, -0.1) is 10.2 Å². The van der Waals surface area contributed by atoms with Crippen LogP contribution in [-0.2, 0) is 16.1 Å². The maximum Gasteiger partial charge on any atom is 0.246 e. The minimum absolute atomic E-state index is 0.0325. The van der Waals surface area contributed by atoms with Crippen molar-refractivity contribution in [2.45, 2.75) is 39.2 Å². The van der Waals surface area contributed by atoms with Gasteiger partial charge in [-0.05, 0) is 36.3 Å². The first kappa shape index (κ1) is 18.6. The number of amides is 2. The zero-order valence-corrected chi connectivity index (χ0v) is 16.3. The lowest BCUT2D eigenvalue weighted by atomic mass is 9.72. The molecule has 0 aliphatic carbocycles. The maximum atomic E-state index is 12.8. The van der Waals surface area contributed by atoms with Crippen molar-refractivity contribution in [1.29, 1.82) is 0 Å². The van der Waals surface area contributed by atoms with E-state index in [1.54, 1.807) is 6.92 Å². The number of piperidine rings is 2. The van der Waals surface area contributed by atoms with E-state index in [4.69, 9.17) is 0 Å². The molecule has 2 aliphatic heterocycles. The molecule has 0 saturated carbocycles. The van der Waals surface area contributed by atoms with Crippen LogP contribution in [0.2, 0.25) is 0 Å². The number of nitrogens with zero attached hydrogens (tertiary/aromatic N) is 6. The molecule has 2 amide bonds. The Labute approximate surface area is 164 Å². The Bertz CT molecular complexity index is 841. The monoisotopic (exact) mass is 382 g/mol. The van der Waals surface area contributed by atoms with E-state index >= 15 is 0 Å². The minimum Gasteiger partial charge on any atom is -0.343 e. The molecule has 148 valence electrons. The van der Waals surface area contributed by atoms with Gasteiger partial charge in [0.05, 0.1) is 0 Å². The smallest absolute Gasteiger partial charge is 0.246 e. The Morgan fingerprint density at radius 3 is 2.50 bits per heavy atom. The number of aromatic nitrogens is 4. The third-order valence-corrected chi connectivity index (χ3v) is 6.05. The fraction of sp³-hybridized carbons (Fsp3) is 0.550. The molecule has 1 aromatic carbocycles. The molecule has 3 heterocycles. The molecule has 2 saturated heterocycles. The first-order valence-electron chi connectivity index (χ1n) is 9.91. The summed E-state index contributed by atoms with van der Waals surface area (Å²) in [5.41, 5.74) is 1.03. The second kappa shape index (κ2) is 7.69. The quantitative estimate of drug-likeness (QED) is 0.805. The first-order chi connectivity index (χ1) is 13.5. The van der Waals surface area contributed by atoms with Gasteiger partial charge in [-0.3, -0.25) is 9.59 Å². The Hall–Kier alpha value is -2.77. The summed E-state index contributed by atoms with van der Waals surface area (Å²) < 4.78 is 0. The van der Waals surface area contributed by atoms with Crippen LogP contribution in [0.15, 0.2) is 30.3 Å². The van der Waals surface area contributed by atoms with Crippen LogP contribution in [-0.4, -0.2) is 68.0 Å². The molecule has 0 bridgehead atoms. The van der Waals surface area contributed by atoms with Crippen molar-refractivity contribution in [2.24, 2.45) is 5.41 Å². The van der Waals surface area contributed by atoms with Gasteiger partial charge in [-0.2, -0.15) is 4.80 Å². The van der Waals surface area contributed by atoms with Gasteiger partial charge in [0.25, 0.3) is 0 Å². The van der Waals surface area contributed by atoms with Crippen molar-refractivity contribution in [3.63, 3.8) is 0 Å². The molecule has 8 heteroatoms. The van der Waals surface area contributed by atoms with Gasteiger partial charge < -0.3 is 9.80 Å². The number of carbonyl (C=O) groups excluding carboxylic acids is 2. The fourth-order valence-corrected chi connectivity index (χ4v) is 4.36. The molecule has 4 rings (SSSR count). The van der Waals surface area contributed by atoms with Gasteiger partial charge in [0.15, 0.2) is 0 Å². The van der Waals surface area contributed by atoms with Crippen LogP contribution in [0.5, 0.6) is 0 Å². The first-order valence-corrected chi connectivity index (χ1v) is 9.91. The van der Waals surface area contributed by atoms with Crippen molar-refractivity contribution in [3.05, 3.63) is 30.3 Å². The van der Waals surface area contributed by atoms with Crippen LogP contribution in [0.4, 0.5) is 0 Å². The van der Waals surface area contributed by atoms with E-state index in [9.17, 15) is 9.59 Å². The number of hydrogen-bond acceptors (Lipinski definition) is 5. The average Bonchev–Trinajstić information content (AvgIpc) is 3.17. The molecular weight excluding hydrogens is 356 g/mol. The minimum atomic E-state index is 0.0325. The Balaban J connectivity index is 1.37. The molecule has 2 aliphatic rings. The molecule has 0 unspecified atom stereocenters. The van der Waals surface area contributed by atoms with Crippen molar-refractivity contribution in [1.82, 2.24) is 30.0 Å². The summed E-state index contributed by atoms with van der Waals surface area (Å²) in [6, 6.07) is 9.62. The highest BCUT2D eigenvalue weighted by Crippen LogP contribution is 2.39. The Kier molecular flexibility index (Phi) is 5.11. The maximum absolute atomic E-state index is 12.8. The lowest BCUT2D eigenvalue weighted by molar-refractivity contribution is -0.139. The van der Waals surface area contributed by atoms with Crippen molar-refractivity contribution >= 4 is 11.8 Å². The van der Waals surface area contributed by atoms with Gasteiger partial charge >= 0.3 is 0 Å². The number of rotatable bonds is 3. The molecule has 0 N–H and O–H groups in total. The van der Waals surface area contributed by atoms with E-state index in [2.05, 4.69) is 15.4 Å². The summed E-state index contributed by atoms with van der Waals surface area (Å²) in [6.07, 6.45) is 4.07. The Morgan fingerprint density at radius 1 is 1.04 bits per heavy atom. The SMILES string of the molecule is CC(=O)N1CCC2(CCCN(C(=O)Cn3nnc(-c4ccccc4)n3)C2)CC1. The Morgan fingerprint density at radius 2 is 1.79 bits per heavy atom. The number of carbonyl (C=O) groups is 2. The summed E-state index contributed by atoms with van der Waals surface area (Å²) in [4.78, 5) is 29.7. The van der Waals surface area contributed by atoms with Crippen molar-refractivity contribution in [2.75, 3.05) is 26.2 Å². The molecule has 2 fully saturated rings. The summed E-state index contributed by atoms with van der Waals surface area (Å²) >= 11 is 0. The van der Waals surface area contributed by atoms with E-state index in [1.165, 1.54) is 4.80 Å². The van der Waals surface area contributed by atoms with Gasteiger partial charge in [0.2, 0.25) is 17.6 Å². The molecule has 0 radical (unpaired) electrons. The predicted molar refractivity (Wildman–Crippen MR) is 103 cm³/mol. The number of hydrogen-bond donors (Lipinski definition) is 0. The average molecular weight is 382 g/mol. The number of likely N-dealkylation sites (tertiary alicyclic amines) is 2.